The molecule has 1 aliphatic carbocycles. The highest BCUT2D eigenvalue weighted by atomic mass is 79.9. The van der Waals surface area contributed by atoms with E-state index in [1.165, 1.54) is 36.3 Å². The van der Waals surface area contributed by atoms with Gasteiger partial charge in [-0.15, -0.1) is 0 Å². The Hall–Kier alpha value is -3.44. The Bertz CT molecular complexity index is 1530. The van der Waals surface area contributed by atoms with Gasteiger partial charge < -0.3 is 15.0 Å². The number of nitrogens with zero attached hydrogens (tertiary/aromatic N) is 2. The summed E-state index contributed by atoms with van der Waals surface area (Å²) in [5.74, 6) is -1.09. The number of methoxy groups -OCH3 is 1. The molecule has 224 valence electrons. The van der Waals surface area contributed by atoms with Crippen molar-refractivity contribution in [1.29, 1.82) is 0 Å². The number of carbonyl (C=O) groups is 2. The first-order chi connectivity index (χ1) is 20.0. The van der Waals surface area contributed by atoms with Gasteiger partial charge in [-0.25, -0.2) is 12.8 Å². The maximum atomic E-state index is 14.7. The lowest BCUT2D eigenvalue weighted by Crippen LogP contribution is -2.52. The summed E-state index contributed by atoms with van der Waals surface area (Å²) in [7, 11) is -2.79. The van der Waals surface area contributed by atoms with Crippen LogP contribution in [0.15, 0.2) is 76.1 Å². The molecule has 0 spiro atoms. The summed E-state index contributed by atoms with van der Waals surface area (Å²) in [6, 6.07) is 16.1. The number of sulfonamides is 1. The number of nitrogens with one attached hydrogen (secondary N) is 1. The third kappa shape index (κ3) is 7.30. The van der Waals surface area contributed by atoms with Gasteiger partial charge in [-0.2, -0.15) is 0 Å². The third-order valence-electron chi connectivity index (χ3n) is 7.48. The predicted octanol–water partition coefficient (Wildman–Crippen LogP) is 5.58. The Morgan fingerprint density at radius 2 is 1.74 bits per heavy atom. The van der Waals surface area contributed by atoms with E-state index in [2.05, 4.69) is 21.2 Å². The van der Waals surface area contributed by atoms with E-state index >= 15 is 0 Å². The molecule has 2 amide bonds. The molecule has 1 saturated carbocycles. The van der Waals surface area contributed by atoms with Gasteiger partial charge in [0.15, 0.2) is 0 Å². The quantitative estimate of drug-likeness (QED) is 0.290. The number of ether oxygens (including phenoxy) is 1. The number of hydrogen-bond donors (Lipinski definition) is 1. The van der Waals surface area contributed by atoms with Crippen LogP contribution in [-0.4, -0.2) is 50.9 Å². The summed E-state index contributed by atoms with van der Waals surface area (Å²) in [6.07, 6.45) is 3.75. The summed E-state index contributed by atoms with van der Waals surface area (Å²) in [4.78, 5) is 28.5. The van der Waals surface area contributed by atoms with Gasteiger partial charge in [0.25, 0.3) is 10.0 Å². The van der Waals surface area contributed by atoms with E-state index in [9.17, 15) is 22.4 Å². The number of rotatable bonds is 11. The van der Waals surface area contributed by atoms with Crippen LogP contribution in [0, 0.1) is 12.7 Å². The van der Waals surface area contributed by atoms with E-state index in [0.29, 0.717) is 10.2 Å². The smallest absolute Gasteiger partial charge is 0.264 e. The topological polar surface area (TPSA) is 96.0 Å². The summed E-state index contributed by atoms with van der Waals surface area (Å²) >= 11 is 3.34. The fraction of sp³-hybridized carbons (Fsp3) is 0.355. The number of halogens is 2. The minimum absolute atomic E-state index is 0.0170. The predicted molar refractivity (Wildman–Crippen MR) is 163 cm³/mol. The first kappa shape index (κ1) is 31.5. The van der Waals surface area contributed by atoms with Crippen LogP contribution < -0.4 is 14.4 Å². The average Bonchev–Trinajstić information content (AvgIpc) is 3.48. The molecule has 3 aromatic carbocycles. The molecule has 1 fully saturated rings. The second-order valence-corrected chi connectivity index (χ2v) is 13.1. The van der Waals surface area contributed by atoms with Crippen molar-refractivity contribution in [2.24, 2.45) is 0 Å². The lowest BCUT2D eigenvalue weighted by atomic mass is 10.1. The molecule has 11 heteroatoms. The average molecular weight is 661 g/mol. The van der Waals surface area contributed by atoms with E-state index in [4.69, 9.17) is 4.74 Å². The van der Waals surface area contributed by atoms with Crippen molar-refractivity contribution in [2.75, 3.05) is 18.0 Å². The summed E-state index contributed by atoms with van der Waals surface area (Å²) in [5.41, 5.74) is 1.40. The van der Waals surface area contributed by atoms with Crippen molar-refractivity contribution in [1.82, 2.24) is 10.2 Å². The number of anilines is 1. The Kier molecular flexibility index (Phi) is 10.3. The lowest BCUT2D eigenvalue weighted by molar-refractivity contribution is -0.139. The highest BCUT2D eigenvalue weighted by Crippen LogP contribution is 2.31. The molecule has 0 aromatic heterocycles. The van der Waals surface area contributed by atoms with Gasteiger partial charge in [0, 0.05) is 18.2 Å². The monoisotopic (exact) mass is 659 g/mol. The molecule has 0 heterocycles. The highest BCUT2D eigenvalue weighted by Gasteiger charge is 2.34. The standard InChI is InChI=1S/C31H35BrFN3O5S/c1-21-12-14-25(15-13-21)36(42(39,40)26-16-17-29(41-3)27(32)18-26)20-30(37)35(19-23-8-4-7-11-28(23)33)22(2)31(38)34-24-9-5-6-10-24/h4,7-8,11-18,22,24H,5-6,9-10,19-20H2,1-3H3,(H,34,38). The molecular formula is C31H35BrFN3O5S. The van der Waals surface area contributed by atoms with Gasteiger partial charge in [-0.3, -0.25) is 13.9 Å². The molecule has 1 unspecified atom stereocenters. The zero-order valence-electron chi connectivity index (χ0n) is 23.8. The fourth-order valence-electron chi connectivity index (χ4n) is 4.96. The fourth-order valence-corrected chi connectivity index (χ4v) is 7.09. The van der Waals surface area contributed by atoms with Gasteiger partial charge >= 0.3 is 0 Å². The van der Waals surface area contributed by atoms with Crippen LogP contribution in [0.2, 0.25) is 0 Å². The lowest BCUT2D eigenvalue weighted by Gasteiger charge is -2.32. The molecule has 0 bridgehead atoms. The van der Waals surface area contributed by atoms with Crippen molar-refractivity contribution < 1.29 is 27.1 Å². The number of amides is 2. The maximum Gasteiger partial charge on any atom is 0.264 e. The SMILES string of the molecule is COc1ccc(S(=O)(=O)N(CC(=O)N(Cc2ccccc2F)C(C)C(=O)NC2CCCC2)c2ccc(C)cc2)cc1Br. The molecule has 4 rings (SSSR count). The molecular weight excluding hydrogens is 625 g/mol. The molecule has 0 aliphatic heterocycles. The van der Waals surface area contributed by atoms with Gasteiger partial charge in [-0.1, -0.05) is 48.7 Å². The maximum absolute atomic E-state index is 14.7. The van der Waals surface area contributed by atoms with Crippen LogP contribution in [0.5, 0.6) is 5.75 Å². The highest BCUT2D eigenvalue weighted by molar-refractivity contribution is 9.10. The van der Waals surface area contributed by atoms with Gasteiger partial charge in [-0.05, 0) is 79.0 Å². The first-order valence-electron chi connectivity index (χ1n) is 13.8. The minimum atomic E-state index is -4.26. The minimum Gasteiger partial charge on any atom is -0.496 e. The molecule has 42 heavy (non-hydrogen) atoms. The number of hydrogen-bond acceptors (Lipinski definition) is 5. The molecule has 0 saturated heterocycles. The van der Waals surface area contributed by atoms with Crippen LogP contribution in [0.4, 0.5) is 10.1 Å². The van der Waals surface area contributed by atoms with Crippen molar-refractivity contribution in [2.45, 2.75) is 63.1 Å². The largest absolute Gasteiger partial charge is 0.496 e. The third-order valence-corrected chi connectivity index (χ3v) is 9.87. The van der Waals surface area contributed by atoms with Crippen molar-refractivity contribution in [3.63, 3.8) is 0 Å². The van der Waals surface area contributed by atoms with E-state index in [0.717, 1.165) is 35.6 Å². The Morgan fingerprint density at radius 1 is 1.07 bits per heavy atom. The molecule has 0 radical (unpaired) electrons. The summed E-state index contributed by atoms with van der Waals surface area (Å²) < 4.78 is 49.5. The van der Waals surface area contributed by atoms with E-state index in [-0.39, 0.29) is 34.6 Å². The van der Waals surface area contributed by atoms with Crippen LogP contribution in [-0.2, 0) is 26.2 Å². The van der Waals surface area contributed by atoms with Crippen LogP contribution >= 0.6 is 15.9 Å². The van der Waals surface area contributed by atoms with E-state index in [1.54, 1.807) is 49.4 Å². The van der Waals surface area contributed by atoms with Crippen molar-refractivity contribution in [3.8, 4) is 5.75 Å². The molecule has 8 nitrogen and oxygen atoms in total. The van der Waals surface area contributed by atoms with Crippen molar-refractivity contribution >= 4 is 43.5 Å². The van der Waals surface area contributed by atoms with E-state index in [1.807, 2.05) is 6.92 Å². The summed E-state index contributed by atoms with van der Waals surface area (Å²) in [6.45, 7) is 2.63. The molecule has 3 aromatic rings. The van der Waals surface area contributed by atoms with Crippen LogP contribution in [0.3, 0.4) is 0 Å². The van der Waals surface area contributed by atoms with Crippen LogP contribution in [0.1, 0.15) is 43.7 Å². The normalized spacial score (nSPS) is 14.3. The van der Waals surface area contributed by atoms with Crippen molar-refractivity contribution in [3.05, 3.63) is 88.1 Å². The van der Waals surface area contributed by atoms with Gasteiger partial charge in [0.2, 0.25) is 11.8 Å². The first-order valence-corrected chi connectivity index (χ1v) is 16.0. The molecule has 1 N–H and O–H groups in total. The van der Waals surface area contributed by atoms with Crippen LogP contribution in [0.25, 0.3) is 0 Å². The zero-order valence-corrected chi connectivity index (χ0v) is 26.3. The van der Waals surface area contributed by atoms with E-state index < -0.39 is 34.3 Å². The Labute approximate surface area is 255 Å². The molecule has 1 aliphatic rings. The number of carbonyl (C=O) groups excluding carboxylic acids is 2. The second kappa shape index (κ2) is 13.7. The number of aryl methyl sites for hydroxylation is 1. The zero-order chi connectivity index (χ0) is 30.4. The van der Waals surface area contributed by atoms with Gasteiger partial charge in [0.05, 0.1) is 22.2 Å². The second-order valence-electron chi connectivity index (χ2n) is 10.4. The summed E-state index contributed by atoms with van der Waals surface area (Å²) in [5, 5.41) is 3.00. The van der Waals surface area contributed by atoms with Gasteiger partial charge in [0.1, 0.15) is 24.2 Å². The Morgan fingerprint density at radius 3 is 2.36 bits per heavy atom. The molecule has 1 atom stereocenters. The number of benzene rings is 3. The Balaban J connectivity index is 1.71.